The summed E-state index contributed by atoms with van der Waals surface area (Å²) in [5, 5.41) is 11.3. The van der Waals surface area contributed by atoms with Crippen molar-refractivity contribution in [1.82, 2.24) is 9.55 Å². The van der Waals surface area contributed by atoms with Gasteiger partial charge in [-0.3, -0.25) is 9.47 Å². The summed E-state index contributed by atoms with van der Waals surface area (Å²) in [6.07, 6.45) is 0.741. The lowest BCUT2D eigenvalue weighted by Crippen LogP contribution is -2.40. The van der Waals surface area contributed by atoms with E-state index in [-0.39, 0.29) is 18.4 Å². The number of aromatic nitrogens is 2. The van der Waals surface area contributed by atoms with Crippen molar-refractivity contribution in [3.63, 3.8) is 0 Å². The largest absolute Gasteiger partial charge is 0.445 e. The van der Waals surface area contributed by atoms with Gasteiger partial charge in [-0.15, -0.1) is 0 Å². The van der Waals surface area contributed by atoms with Crippen LogP contribution in [0.1, 0.15) is 6.92 Å². The van der Waals surface area contributed by atoms with Crippen LogP contribution in [0.2, 0.25) is 5.02 Å². The van der Waals surface area contributed by atoms with Crippen LogP contribution in [0, 0.1) is 10.1 Å². The van der Waals surface area contributed by atoms with Crippen LogP contribution < -0.4 is 9.64 Å². The van der Waals surface area contributed by atoms with Crippen molar-refractivity contribution in [3.05, 3.63) is 45.6 Å². The van der Waals surface area contributed by atoms with E-state index in [1.807, 2.05) is 0 Å². The number of carbonyl (C=O) groups excluding carboxylic acids is 1. The van der Waals surface area contributed by atoms with Gasteiger partial charge in [-0.1, -0.05) is 11.6 Å². The van der Waals surface area contributed by atoms with Crippen LogP contribution in [-0.4, -0.2) is 39.8 Å². The Kier molecular flexibility index (Phi) is 4.25. The predicted octanol–water partition coefficient (Wildman–Crippen LogP) is 2.87. The number of benzene rings is 1. The fraction of sp³-hybridized carbons (Fsp3) is 0.333. The van der Waals surface area contributed by atoms with E-state index in [0.717, 1.165) is 0 Å². The maximum Gasteiger partial charge on any atom is 0.415 e. The van der Waals surface area contributed by atoms with Crippen LogP contribution in [0.15, 0.2) is 30.5 Å². The van der Waals surface area contributed by atoms with Gasteiger partial charge < -0.3 is 19.6 Å². The highest BCUT2D eigenvalue weighted by Gasteiger charge is 2.41. The number of rotatable bonds is 4. The maximum absolute atomic E-state index is 12.2. The van der Waals surface area contributed by atoms with E-state index < -0.39 is 16.6 Å². The molecule has 1 aliphatic rings. The van der Waals surface area contributed by atoms with Gasteiger partial charge in [-0.2, -0.15) is 0 Å². The molecular formula is C15H15ClN4O5. The Balaban J connectivity index is 1.59. The van der Waals surface area contributed by atoms with Crippen molar-refractivity contribution in [2.24, 2.45) is 0 Å². The molecule has 25 heavy (non-hydrogen) atoms. The van der Waals surface area contributed by atoms with Crippen LogP contribution in [0.3, 0.4) is 0 Å². The molecule has 9 nitrogen and oxygen atoms in total. The summed E-state index contributed by atoms with van der Waals surface area (Å²) in [6, 6.07) is 6.89. The molecule has 10 heteroatoms. The molecule has 1 atom stereocenters. The normalized spacial score (nSPS) is 18.4. The molecule has 1 aliphatic heterocycles. The number of amides is 1. The van der Waals surface area contributed by atoms with E-state index in [1.165, 1.54) is 15.7 Å². The second kappa shape index (κ2) is 6.25. The molecule has 0 spiro atoms. The highest BCUT2D eigenvalue weighted by atomic mass is 35.5. The smallest absolute Gasteiger partial charge is 0.415 e. The Morgan fingerprint density at radius 2 is 2.20 bits per heavy atom. The first-order valence-electron chi connectivity index (χ1n) is 7.34. The summed E-state index contributed by atoms with van der Waals surface area (Å²) < 4.78 is 12.4. The van der Waals surface area contributed by atoms with Gasteiger partial charge in [0.05, 0.1) is 6.54 Å². The Morgan fingerprint density at radius 3 is 2.80 bits per heavy atom. The van der Waals surface area contributed by atoms with Crippen LogP contribution in [0.4, 0.5) is 16.3 Å². The van der Waals surface area contributed by atoms with E-state index >= 15 is 0 Å². The molecule has 1 aromatic carbocycles. The molecule has 3 rings (SSSR count). The lowest BCUT2D eigenvalue weighted by molar-refractivity contribution is -0.389. The molecule has 1 aromatic heterocycles. The SMILES string of the molecule is CN(C(=O)OC[C@]1(C)Cn2cc([N+](=O)[O-])nc2O1)c1ccc(Cl)cc1. The molecule has 0 saturated carbocycles. The van der Waals surface area contributed by atoms with Crippen molar-refractivity contribution in [3.8, 4) is 6.01 Å². The third-order valence-electron chi connectivity index (χ3n) is 3.75. The molecule has 0 aliphatic carbocycles. The molecule has 0 saturated heterocycles. The lowest BCUT2D eigenvalue weighted by Gasteiger charge is -2.24. The second-order valence-corrected chi connectivity index (χ2v) is 6.35. The standard InChI is InChI=1S/C15H15ClN4O5/c1-15(8-19-7-12(20(22)23)17-13(19)25-15)9-24-14(21)18(2)11-5-3-10(16)4-6-11/h3-7H,8-9H2,1-2H3/t15-/m0/s1. The summed E-state index contributed by atoms with van der Waals surface area (Å²) in [4.78, 5) is 27.4. The number of imidazole rings is 1. The number of nitro groups is 1. The molecule has 0 radical (unpaired) electrons. The van der Waals surface area contributed by atoms with E-state index in [9.17, 15) is 14.9 Å². The first kappa shape index (κ1) is 17.0. The third-order valence-corrected chi connectivity index (χ3v) is 4.00. The average molecular weight is 367 g/mol. The van der Waals surface area contributed by atoms with Gasteiger partial charge in [0.1, 0.15) is 12.8 Å². The van der Waals surface area contributed by atoms with Gasteiger partial charge in [0.25, 0.3) is 0 Å². The Labute approximate surface area is 147 Å². The number of fused-ring (bicyclic) bond motifs is 1. The number of halogens is 1. The number of carbonyl (C=O) groups is 1. The topological polar surface area (TPSA) is 99.7 Å². The van der Waals surface area contributed by atoms with Gasteiger partial charge >= 0.3 is 17.9 Å². The van der Waals surface area contributed by atoms with E-state index in [1.54, 1.807) is 38.2 Å². The van der Waals surface area contributed by atoms with Crippen LogP contribution in [0.25, 0.3) is 0 Å². The first-order valence-corrected chi connectivity index (χ1v) is 7.72. The van der Waals surface area contributed by atoms with Crippen molar-refractivity contribution >= 4 is 29.2 Å². The molecule has 1 amide bonds. The minimum Gasteiger partial charge on any atom is -0.445 e. The van der Waals surface area contributed by atoms with Crippen LogP contribution in [-0.2, 0) is 11.3 Å². The number of ether oxygens (including phenoxy) is 2. The van der Waals surface area contributed by atoms with Crippen LogP contribution >= 0.6 is 11.6 Å². The number of hydrogen-bond donors (Lipinski definition) is 0. The number of hydrogen-bond acceptors (Lipinski definition) is 6. The summed E-state index contributed by atoms with van der Waals surface area (Å²) in [5.74, 6) is -0.281. The fourth-order valence-corrected chi connectivity index (χ4v) is 2.56. The maximum atomic E-state index is 12.2. The van der Waals surface area contributed by atoms with Crippen molar-refractivity contribution in [2.45, 2.75) is 19.1 Å². The second-order valence-electron chi connectivity index (χ2n) is 5.91. The zero-order chi connectivity index (χ0) is 18.2. The Hall–Kier alpha value is -2.81. The molecule has 2 heterocycles. The van der Waals surface area contributed by atoms with Gasteiger partial charge in [-0.05, 0) is 36.1 Å². The third kappa shape index (κ3) is 3.50. The van der Waals surface area contributed by atoms with Gasteiger partial charge in [0.15, 0.2) is 5.60 Å². The molecular weight excluding hydrogens is 352 g/mol. The van der Waals surface area contributed by atoms with Gasteiger partial charge in [0, 0.05) is 22.7 Å². The average Bonchev–Trinajstić information content (AvgIpc) is 3.08. The predicted molar refractivity (Wildman–Crippen MR) is 89.1 cm³/mol. The number of nitrogens with zero attached hydrogens (tertiary/aromatic N) is 4. The fourth-order valence-electron chi connectivity index (χ4n) is 2.44. The summed E-state index contributed by atoms with van der Waals surface area (Å²) in [6.45, 7) is 2.01. The highest BCUT2D eigenvalue weighted by molar-refractivity contribution is 6.30. The molecule has 0 fully saturated rings. The van der Waals surface area contributed by atoms with E-state index in [4.69, 9.17) is 21.1 Å². The van der Waals surface area contributed by atoms with Crippen molar-refractivity contribution in [1.29, 1.82) is 0 Å². The van der Waals surface area contributed by atoms with Crippen molar-refractivity contribution < 1.29 is 19.2 Å². The van der Waals surface area contributed by atoms with Crippen LogP contribution in [0.5, 0.6) is 6.01 Å². The minimum atomic E-state index is -0.839. The molecule has 0 unspecified atom stereocenters. The van der Waals surface area contributed by atoms with Gasteiger partial charge in [0.2, 0.25) is 0 Å². The van der Waals surface area contributed by atoms with Gasteiger partial charge in [-0.25, -0.2) is 4.79 Å². The van der Waals surface area contributed by atoms with Crippen molar-refractivity contribution in [2.75, 3.05) is 18.6 Å². The quantitative estimate of drug-likeness (QED) is 0.609. The number of anilines is 1. The summed E-state index contributed by atoms with van der Waals surface area (Å²) in [5.41, 5.74) is -0.205. The zero-order valence-electron chi connectivity index (χ0n) is 13.5. The Bertz CT molecular complexity index is 796. The Morgan fingerprint density at radius 1 is 1.52 bits per heavy atom. The summed E-state index contributed by atoms with van der Waals surface area (Å²) >= 11 is 5.82. The molecule has 0 N–H and O–H groups in total. The molecule has 132 valence electrons. The highest BCUT2D eigenvalue weighted by Crippen LogP contribution is 2.31. The summed E-state index contributed by atoms with van der Waals surface area (Å²) in [7, 11) is 1.58. The first-order chi connectivity index (χ1) is 11.8. The van der Waals surface area contributed by atoms with E-state index in [2.05, 4.69) is 4.98 Å². The van der Waals surface area contributed by atoms with E-state index in [0.29, 0.717) is 17.3 Å². The molecule has 2 aromatic rings. The lowest BCUT2D eigenvalue weighted by atomic mass is 10.1. The monoisotopic (exact) mass is 366 g/mol. The molecule has 0 bridgehead atoms. The minimum absolute atomic E-state index is 0.0269. The zero-order valence-corrected chi connectivity index (χ0v) is 14.3.